The van der Waals surface area contributed by atoms with Crippen LogP contribution in [0.4, 0.5) is 0 Å². The number of likely N-dealkylation sites (N-methyl/N-ethyl adjacent to an activating group) is 1. The zero-order chi connectivity index (χ0) is 6.69. The molecule has 9 heavy (non-hydrogen) atoms. The minimum Gasteiger partial charge on any atom is -0.380 e. The topological polar surface area (TPSA) is 12.5 Å². The molecule has 0 N–H and O–H groups in total. The highest BCUT2D eigenvalue weighted by molar-refractivity contribution is 4.69. The van der Waals surface area contributed by atoms with Gasteiger partial charge in [0.25, 0.3) is 0 Å². The van der Waals surface area contributed by atoms with E-state index in [1.165, 1.54) is 19.4 Å². The molecule has 54 valence electrons. The lowest BCUT2D eigenvalue weighted by Crippen LogP contribution is -2.36. The van der Waals surface area contributed by atoms with Gasteiger partial charge in [0.1, 0.15) is 0 Å². The van der Waals surface area contributed by atoms with Gasteiger partial charge < -0.3 is 9.64 Å². The van der Waals surface area contributed by atoms with E-state index in [1.807, 2.05) is 0 Å². The zero-order valence-electron chi connectivity index (χ0n) is 6.26. The van der Waals surface area contributed by atoms with Gasteiger partial charge in [0.05, 0.1) is 6.10 Å². The molecular weight excluding hydrogens is 114 g/mol. The monoisotopic (exact) mass is 129 g/mol. The van der Waals surface area contributed by atoms with Gasteiger partial charge in [-0.15, -0.1) is 0 Å². The normalized spacial score (nSPS) is 30.7. The number of hydrogen-bond donors (Lipinski definition) is 0. The maximum Gasteiger partial charge on any atom is 0.0698 e. The highest BCUT2D eigenvalue weighted by Gasteiger charge is 2.15. The fourth-order valence-corrected chi connectivity index (χ4v) is 1.31. The van der Waals surface area contributed by atoms with E-state index in [-0.39, 0.29) is 0 Å². The summed E-state index contributed by atoms with van der Waals surface area (Å²) >= 11 is 0. The van der Waals surface area contributed by atoms with E-state index < -0.39 is 0 Å². The molecule has 1 aliphatic heterocycles. The summed E-state index contributed by atoms with van der Waals surface area (Å²) in [7, 11) is 3.94. The predicted molar refractivity (Wildman–Crippen MR) is 37.5 cm³/mol. The Labute approximate surface area is 56.8 Å². The molecule has 1 fully saturated rings. The summed E-state index contributed by atoms with van der Waals surface area (Å²) in [6.07, 6.45) is 3.01. The van der Waals surface area contributed by atoms with E-state index in [9.17, 15) is 0 Å². The summed E-state index contributed by atoms with van der Waals surface area (Å²) < 4.78 is 5.22. The van der Waals surface area contributed by atoms with Crippen molar-refractivity contribution in [3.63, 3.8) is 0 Å². The van der Waals surface area contributed by atoms with Crippen molar-refractivity contribution in [1.82, 2.24) is 4.90 Å². The van der Waals surface area contributed by atoms with E-state index in [1.54, 1.807) is 7.11 Å². The van der Waals surface area contributed by atoms with Gasteiger partial charge in [-0.3, -0.25) is 0 Å². The molecule has 0 aromatic rings. The van der Waals surface area contributed by atoms with Gasteiger partial charge in [-0.2, -0.15) is 0 Å². The van der Waals surface area contributed by atoms with Crippen LogP contribution in [-0.2, 0) is 4.74 Å². The molecule has 0 saturated carbocycles. The van der Waals surface area contributed by atoms with Crippen molar-refractivity contribution < 1.29 is 4.74 Å². The molecule has 0 unspecified atom stereocenters. The number of likely N-dealkylation sites (tertiary alicyclic amines) is 1. The second-order valence-electron chi connectivity index (χ2n) is 2.76. The van der Waals surface area contributed by atoms with E-state index in [4.69, 9.17) is 4.74 Å². The minimum absolute atomic E-state index is 0.490. The smallest absolute Gasteiger partial charge is 0.0698 e. The minimum atomic E-state index is 0.490. The first-order valence-electron chi connectivity index (χ1n) is 3.54. The number of methoxy groups -OCH3 is 1. The maximum atomic E-state index is 5.22. The van der Waals surface area contributed by atoms with Gasteiger partial charge in [-0.1, -0.05) is 0 Å². The second kappa shape index (κ2) is 3.18. The summed E-state index contributed by atoms with van der Waals surface area (Å²) in [5, 5.41) is 0. The van der Waals surface area contributed by atoms with Crippen molar-refractivity contribution in [2.45, 2.75) is 18.9 Å². The third-order valence-electron chi connectivity index (χ3n) is 1.91. The molecule has 1 rings (SSSR count). The molecule has 0 amide bonds. The van der Waals surface area contributed by atoms with Crippen LogP contribution in [0.2, 0.25) is 0 Å². The number of rotatable bonds is 1. The van der Waals surface area contributed by atoms with Crippen LogP contribution in [0.1, 0.15) is 12.8 Å². The molecule has 0 aromatic heterocycles. The average Bonchev–Trinajstić information content (AvgIpc) is 1.88. The fraction of sp³-hybridized carbons (Fsp3) is 1.00. The van der Waals surface area contributed by atoms with Crippen LogP contribution >= 0.6 is 0 Å². The highest BCUT2D eigenvalue weighted by atomic mass is 16.5. The Morgan fingerprint density at radius 2 is 2.33 bits per heavy atom. The maximum absolute atomic E-state index is 5.22. The number of piperidine rings is 1. The molecule has 1 saturated heterocycles. The molecule has 1 aliphatic rings. The van der Waals surface area contributed by atoms with Crippen molar-refractivity contribution in [3.05, 3.63) is 0 Å². The second-order valence-corrected chi connectivity index (χ2v) is 2.76. The lowest BCUT2D eigenvalue weighted by Gasteiger charge is -2.28. The molecule has 2 nitrogen and oxygen atoms in total. The van der Waals surface area contributed by atoms with E-state index >= 15 is 0 Å². The van der Waals surface area contributed by atoms with Crippen LogP contribution in [0.25, 0.3) is 0 Å². The Hall–Kier alpha value is -0.0800. The van der Waals surface area contributed by atoms with Crippen LogP contribution < -0.4 is 0 Å². The van der Waals surface area contributed by atoms with E-state index in [0.717, 1.165) is 6.54 Å². The molecule has 0 aliphatic carbocycles. The lowest BCUT2D eigenvalue weighted by molar-refractivity contribution is 0.0408. The first-order chi connectivity index (χ1) is 4.33. The van der Waals surface area contributed by atoms with E-state index in [2.05, 4.69) is 11.9 Å². The standard InChI is InChI=1S/C7H15NO/c1-8-5-3-4-7(6-8)9-2/h7H,3-6H2,1-2H3/t7-/m0/s1. The summed E-state index contributed by atoms with van der Waals surface area (Å²) in [5.74, 6) is 0. The average molecular weight is 129 g/mol. The predicted octanol–water partition coefficient (Wildman–Crippen LogP) is 0.727. The fourth-order valence-electron chi connectivity index (χ4n) is 1.31. The quantitative estimate of drug-likeness (QED) is 0.517. The number of nitrogens with zero attached hydrogens (tertiary/aromatic N) is 1. The SMILES string of the molecule is CO[C@H]1CCCN(C)C1. The number of hydrogen-bond acceptors (Lipinski definition) is 2. The Bertz CT molecular complexity index is 85.0. The van der Waals surface area contributed by atoms with Gasteiger partial charge in [-0.05, 0) is 26.4 Å². The molecule has 0 spiro atoms. The Morgan fingerprint density at radius 1 is 1.56 bits per heavy atom. The van der Waals surface area contributed by atoms with Gasteiger partial charge in [0, 0.05) is 13.7 Å². The molecule has 2 heteroatoms. The highest BCUT2D eigenvalue weighted by Crippen LogP contribution is 2.09. The number of ether oxygens (including phenoxy) is 1. The molecular formula is C7H15NO. The Kier molecular flexibility index (Phi) is 2.49. The summed E-state index contributed by atoms with van der Waals surface area (Å²) in [6, 6.07) is 0. The van der Waals surface area contributed by atoms with Gasteiger partial charge in [0.2, 0.25) is 0 Å². The van der Waals surface area contributed by atoms with Crippen LogP contribution in [0.5, 0.6) is 0 Å². The van der Waals surface area contributed by atoms with Gasteiger partial charge in [-0.25, -0.2) is 0 Å². The van der Waals surface area contributed by atoms with Crippen molar-refractivity contribution in [2.24, 2.45) is 0 Å². The Morgan fingerprint density at radius 3 is 2.78 bits per heavy atom. The Balaban J connectivity index is 2.23. The largest absolute Gasteiger partial charge is 0.380 e. The summed E-state index contributed by atoms with van der Waals surface area (Å²) in [5.41, 5.74) is 0. The van der Waals surface area contributed by atoms with Gasteiger partial charge in [0.15, 0.2) is 0 Å². The third kappa shape index (κ3) is 1.95. The van der Waals surface area contributed by atoms with Crippen molar-refractivity contribution in [3.8, 4) is 0 Å². The third-order valence-corrected chi connectivity index (χ3v) is 1.91. The van der Waals surface area contributed by atoms with Crippen LogP contribution in [0, 0.1) is 0 Å². The molecule has 0 aromatic carbocycles. The first kappa shape index (κ1) is 7.03. The molecule has 0 radical (unpaired) electrons. The van der Waals surface area contributed by atoms with Crippen LogP contribution in [-0.4, -0.2) is 38.3 Å². The van der Waals surface area contributed by atoms with Gasteiger partial charge >= 0.3 is 0 Å². The summed E-state index contributed by atoms with van der Waals surface area (Å²) in [4.78, 5) is 2.32. The zero-order valence-corrected chi connectivity index (χ0v) is 6.26. The van der Waals surface area contributed by atoms with Crippen molar-refractivity contribution in [2.75, 3.05) is 27.2 Å². The van der Waals surface area contributed by atoms with Crippen molar-refractivity contribution in [1.29, 1.82) is 0 Å². The molecule has 1 atom stereocenters. The molecule has 1 heterocycles. The van der Waals surface area contributed by atoms with E-state index in [0.29, 0.717) is 6.10 Å². The lowest BCUT2D eigenvalue weighted by atomic mass is 10.1. The van der Waals surface area contributed by atoms with Crippen molar-refractivity contribution >= 4 is 0 Å². The summed E-state index contributed by atoms with van der Waals surface area (Å²) in [6.45, 7) is 2.34. The first-order valence-corrected chi connectivity index (χ1v) is 3.54. The molecule has 0 bridgehead atoms. The van der Waals surface area contributed by atoms with Crippen LogP contribution in [0.3, 0.4) is 0 Å². The van der Waals surface area contributed by atoms with Crippen LogP contribution in [0.15, 0.2) is 0 Å².